The molecule has 0 fully saturated rings. The normalized spacial score (nSPS) is 12.2. The number of nitrogens with two attached hydrogens (primary N) is 1. The van der Waals surface area contributed by atoms with Gasteiger partial charge in [0.05, 0.1) is 4.47 Å². The fourth-order valence-electron chi connectivity index (χ4n) is 1.82. The van der Waals surface area contributed by atoms with Crippen LogP contribution in [0.1, 0.15) is 12.5 Å². The fourth-order valence-corrected chi connectivity index (χ4v) is 3.11. The third-order valence-corrected chi connectivity index (χ3v) is 4.03. The van der Waals surface area contributed by atoms with Crippen molar-refractivity contribution in [3.8, 4) is 11.5 Å². The highest BCUT2D eigenvalue weighted by Gasteiger charge is 2.10. The van der Waals surface area contributed by atoms with Crippen LogP contribution >= 0.6 is 43.5 Å². The molecule has 2 nitrogen and oxygen atoms in total. The number of ether oxygens (including phenoxy) is 1. The van der Waals surface area contributed by atoms with E-state index in [2.05, 4.69) is 31.9 Å². The molecule has 0 radical (unpaired) electrons. The van der Waals surface area contributed by atoms with Crippen molar-refractivity contribution in [2.45, 2.75) is 19.4 Å². The van der Waals surface area contributed by atoms with Crippen LogP contribution in [0.2, 0.25) is 5.02 Å². The molecule has 0 saturated heterocycles. The maximum Gasteiger partial charge on any atom is 0.141 e. The second-order valence-corrected chi connectivity index (χ2v) is 6.82. The van der Waals surface area contributed by atoms with Crippen LogP contribution in [0.3, 0.4) is 0 Å². The van der Waals surface area contributed by atoms with E-state index in [0.717, 1.165) is 32.4 Å². The van der Waals surface area contributed by atoms with Crippen molar-refractivity contribution < 1.29 is 4.74 Å². The van der Waals surface area contributed by atoms with Crippen LogP contribution in [-0.4, -0.2) is 6.04 Å². The molecule has 2 aromatic rings. The predicted molar refractivity (Wildman–Crippen MR) is 90.7 cm³/mol. The van der Waals surface area contributed by atoms with Gasteiger partial charge in [-0.05, 0) is 65.2 Å². The van der Waals surface area contributed by atoms with Crippen molar-refractivity contribution >= 4 is 43.5 Å². The standard InChI is InChI=1S/C15H14Br2ClNO/c1-9(19)6-10-2-4-12(18)8-15(10)20-14-5-3-11(16)7-13(14)17/h2-5,7-9H,6,19H2,1H3. The first kappa shape index (κ1) is 15.8. The van der Waals surface area contributed by atoms with E-state index < -0.39 is 0 Å². The summed E-state index contributed by atoms with van der Waals surface area (Å²) >= 11 is 13.0. The van der Waals surface area contributed by atoms with E-state index in [1.807, 2.05) is 43.3 Å². The zero-order chi connectivity index (χ0) is 14.7. The van der Waals surface area contributed by atoms with E-state index in [0.29, 0.717) is 5.02 Å². The molecule has 0 heterocycles. The van der Waals surface area contributed by atoms with Gasteiger partial charge in [-0.3, -0.25) is 0 Å². The summed E-state index contributed by atoms with van der Waals surface area (Å²) in [6.07, 6.45) is 0.737. The fraction of sp³-hybridized carbons (Fsp3) is 0.200. The molecule has 106 valence electrons. The van der Waals surface area contributed by atoms with Gasteiger partial charge in [-0.1, -0.05) is 33.6 Å². The molecule has 20 heavy (non-hydrogen) atoms. The molecule has 5 heteroatoms. The SMILES string of the molecule is CC(N)Cc1ccc(Cl)cc1Oc1ccc(Br)cc1Br. The molecule has 1 unspecified atom stereocenters. The molecule has 2 N–H and O–H groups in total. The van der Waals surface area contributed by atoms with E-state index in [1.54, 1.807) is 0 Å². The van der Waals surface area contributed by atoms with E-state index in [1.165, 1.54) is 0 Å². The van der Waals surface area contributed by atoms with E-state index in [-0.39, 0.29) is 6.04 Å². The second kappa shape index (κ2) is 6.94. The van der Waals surface area contributed by atoms with Gasteiger partial charge in [0.1, 0.15) is 11.5 Å². The molecule has 2 rings (SSSR count). The van der Waals surface area contributed by atoms with Crippen LogP contribution in [0, 0.1) is 0 Å². The molecule has 0 aromatic heterocycles. The predicted octanol–water partition coefficient (Wildman–Crippen LogP) is 5.55. The zero-order valence-electron chi connectivity index (χ0n) is 10.9. The lowest BCUT2D eigenvalue weighted by molar-refractivity contribution is 0.471. The Balaban J connectivity index is 2.34. The summed E-state index contributed by atoms with van der Waals surface area (Å²) in [5.41, 5.74) is 6.91. The van der Waals surface area contributed by atoms with Crippen LogP contribution in [0.25, 0.3) is 0 Å². The van der Waals surface area contributed by atoms with Gasteiger partial charge in [0, 0.05) is 15.5 Å². The van der Waals surface area contributed by atoms with Crippen LogP contribution < -0.4 is 10.5 Å². The van der Waals surface area contributed by atoms with Crippen LogP contribution in [0.4, 0.5) is 0 Å². The van der Waals surface area contributed by atoms with Crippen molar-refractivity contribution in [3.05, 3.63) is 55.9 Å². The van der Waals surface area contributed by atoms with Crippen molar-refractivity contribution in [2.75, 3.05) is 0 Å². The topological polar surface area (TPSA) is 35.2 Å². The second-order valence-electron chi connectivity index (χ2n) is 4.61. The highest BCUT2D eigenvalue weighted by molar-refractivity contribution is 9.11. The van der Waals surface area contributed by atoms with Gasteiger partial charge in [0.15, 0.2) is 0 Å². The Hall–Kier alpha value is -0.550. The largest absolute Gasteiger partial charge is 0.456 e. The van der Waals surface area contributed by atoms with Gasteiger partial charge in [-0.2, -0.15) is 0 Å². The molecule has 1 atom stereocenters. The van der Waals surface area contributed by atoms with Gasteiger partial charge in [0.25, 0.3) is 0 Å². The smallest absolute Gasteiger partial charge is 0.141 e. The lowest BCUT2D eigenvalue weighted by Crippen LogP contribution is -2.18. The number of hydrogen-bond donors (Lipinski definition) is 1. The molecular weight excluding hydrogens is 405 g/mol. The van der Waals surface area contributed by atoms with Gasteiger partial charge >= 0.3 is 0 Å². The Kier molecular flexibility index (Phi) is 5.49. The Morgan fingerprint density at radius 1 is 1.15 bits per heavy atom. The Bertz CT molecular complexity index is 617. The third kappa shape index (κ3) is 4.22. The minimum atomic E-state index is 0.0619. The van der Waals surface area contributed by atoms with E-state index in [9.17, 15) is 0 Å². The molecule has 0 amide bonds. The van der Waals surface area contributed by atoms with Crippen molar-refractivity contribution in [2.24, 2.45) is 5.73 Å². The maximum atomic E-state index is 6.05. The summed E-state index contributed by atoms with van der Waals surface area (Å²) < 4.78 is 7.83. The lowest BCUT2D eigenvalue weighted by atomic mass is 10.1. The zero-order valence-corrected chi connectivity index (χ0v) is 14.8. The molecule has 0 bridgehead atoms. The Morgan fingerprint density at radius 2 is 1.90 bits per heavy atom. The minimum absolute atomic E-state index is 0.0619. The summed E-state index contributed by atoms with van der Waals surface area (Å²) in [6, 6.07) is 11.4. The molecular formula is C15H14Br2ClNO. The van der Waals surface area contributed by atoms with Crippen molar-refractivity contribution in [1.82, 2.24) is 0 Å². The number of halogens is 3. The molecule has 0 saturated carbocycles. The molecule has 0 spiro atoms. The summed E-state index contributed by atoms with van der Waals surface area (Å²) in [5, 5.41) is 0.640. The molecule has 0 aliphatic carbocycles. The van der Waals surface area contributed by atoms with Crippen molar-refractivity contribution in [3.63, 3.8) is 0 Å². The highest BCUT2D eigenvalue weighted by atomic mass is 79.9. The van der Waals surface area contributed by atoms with Crippen LogP contribution in [0.5, 0.6) is 11.5 Å². The van der Waals surface area contributed by atoms with Gasteiger partial charge < -0.3 is 10.5 Å². The first-order valence-corrected chi connectivity index (χ1v) is 8.09. The highest BCUT2D eigenvalue weighted by Crippen LogP contribution is 2.35. The summed E-state index contributed by atoms with van der Waals surface area (Å²) in [5.74, 6) is 1.47. The first-order valence-electron chi connectivity index (χ1n) is 6.12. The van der Waals surface area contributed by atoms with Gasteiger partial charge in [0.2, 0.25) is 0 Å². The van der Waals surface area contributed by atoms with Crippen molar-refractivity contribution in [1.29, 1.82) is 0 Å². The Labute approximate surface area is 140 Å². The first-order chi connectivity index (χ1) is 9.45. The average Bonchev–Trinajstić information content (AvgIpc) is 2.35. The minimum Gasteiger partial charge on any atom is -0.456 e. The molecule has 0 aliphatic rings. The van der Waals surface area contributed by atoms with E-state index >= 15 is 0 Å². The van der Waals surface area contributed by atoms with Gasteiger partial charge in [-0.25, -0.2) is 0 Å². The van der Waals surface area contributed by atoms with Crippen LogP contribution in [-0.2, 0) is 6.42 Å². The Morgan fingerprint density at radius 3 is 2.55 bits per heavy atom. The number of rotatable bonds is 4. The summed E-state index contributed by atoms with van der Waals surface area (Å²) in [4.78, 5) is 0. The number of hydrogen-bond acceptors (Lipinski definition) is 2. The van der Waals surface area contributed by atoms with Crippen LogP contribution in [0.15, 0.2) is 45.3 Å². The quantitative estimate of drug-likeness (QED) is 0.705. The maximum absolute atomic E-state index is 6.05. The molecule has 0 aliphatic heterocycles. The average molecular weight is 420 g/mol. The lowest BCUT2D eigenvalue weighted by Gasteiger charge is -2.14. The third-order valence-electron chi connectivity index (χ3n) is 2.68. The molecule has 2 aromatic carbocycles. The monoisotopic (exact) mass is 417 g/mol. The summed E-state index contributed by atoms with van der Waals surface area (Å²) in [7, 11) is 0. The summed E-state index contributed by atoms with van der Waals surface area (Å²) in [6.45, 7) is 1.97. The number of benzene rings is 2. The van der Waals surface area contributed by atoms with E-state index in [4.69, 9.17) is 22.1 Å². The van der Waals surface area contributed by atoms with Gasteiger partial charge in [-0.15, -0.1) is 0 Å².